The molecule has 0 aromatic heterocycles. The third-order valence-electron chi connectivity index (χ3n) is 3.55. The smallest absolute Gasteiger partial charge is 0.0587 e. The van der Waals surface area contributed by atoms with Gasteiger partial charge < -0.3 is 15.0 Å². The van der Waals surface area contributed by atoms with E-state index in [0.29, 0.717) is 0 Å². The van der Waals surface area contributed by atoms with Gasteiger partial charge in [-0.05, 0) is 20.0 Å². The fourth-order valence-corrected chi connectivity index (χ4v) is 2.20. The minimum atomic E-state index is 0.807. The number of ether oxygens (including phenoxy) is 1. The second-order valence-electron chi connectivity index (χ2n) is 5.52. The lowest BCUT2D eigenvalue weighted by atomic mass is 10.1. The van der Waals surface area contributed by atoms with E-state index in [4.69, 9.17) is 4.74 Å². The van der Waals surface area contributed by atoms with Crippen LogP contribution in [0, 0.1) is 0 Å². The molecule has 19 heavy (non-hydrogen) atoms. The molecular weight excluding hydrogens is 236 g/mol. The molecule has 3 heteroatoms. The number of rotatable bonds is 15. The van der Waals surface area contributed by atoms with Crippen molar-refractivity contribution in [2.24, 2.45) is 0 Å². The highest BCUT2D eigenvalue weighted by molar-refractivity contribution is 4.55. The highest BCUT2D eigenvalue weighted by Gasteiger charge is 1.98. The van der Waals surface area contributed by atoms with Gasteiger partial charge >= 0.3 is 0 Å². The third-order valence-corrected chi connectivity index (χ3v) is 3.55. The maximum absolute atomic E-state index is 5.00. The van der Waals surface area contributed by atoms with Crippen molar-refractivity contribution in [3.8, 4) is 0 Å². The Hall–Kier alpha value is -0.120. The van der Waals surface area contributed by atoms with E-state index in [1.165, 1.54) is 57.9 Å². The van der Waals surface area contributed by atoms with Crippen LogP contribution >= 0.6 is 0 Å². The van der Waals surface area contributed by atoms with Crippen LogP contribution < -0.4 is 5.32 Å². The highest BCUT2D eigenvalue weighted by Crippen LogP contribution is 2.08. The number of hydrogen-bond acceptors (Lipinski definition) is 3. The van der Waals surface area contributed by atoms with Crippen LogP contribution in [0.4, 0.5) is 0 Å². The summed E-state index contributed by atoms with van der Waals surface area (Å²) in [6.07, 6.45) is 11.2. The zero-order chi connectivity index (χ0) is 14.2. The Bertz CT molecular complexity index is 165. The van der Waals surface area contributed by atoms with Gasteiger partial charge in [-0.3, -0.25) is 0 Å². The average molecular weight is 272 g/mol. The Labute approximate surface area is 121 Å². The number of likely N-dealkylation sites (N-methyl/N-ethyl adjacent to an activating group) is 1. The molecule has 0 spiro atoms. The maximum Gasteiger partial charge on any atom is 0.0587 e. The lowest BCUT2D eigenvalue weighted by Crippen LogP contribution is -2.31. The number of unbranched alkanes of at least 4 members (excludes halogenated alkanes) is 7. The standard InChI is InChI=1S/C16H36N2O/c1-4-5-6-7-8-9-10-11-14-18(2)15-12-17-13-16-19-3/h17H,4-16H2,1-3H3. The molecule has 0 amide bonds. The van der Waals surface area contributed by atoms with Gasteiger partial charge in [0.05, 0.1) is 6.61 Å². The van der Waals surface area contributed by atoms with Gasteiger partial charge in [0.15, 0.2) is 0 Å². The molecule has 1 N–H and O–H groups in total. The van der Waals surface area contributed by atoms with E-state index in [0.717, 1.165) is 26.2 Å². The second kappa shape index (κ2) is 15.9. The second-order valence-corrected chi connectivity index (χ2v) is 5.52. The molecule has 0 aromatic rings. The average Bonchev–Trinajstić information content (AvgIpc) is 2.41. The zero-order valence-electron chi connectivity index (χ0n) is 13.5. The molecule has 0 aliphatic rings. The fourth-order valence-electron chi connectivity index (χ4n) is 2.20. The first-order valence-corrected chi connectivity index (χ1v) is 8.19. The number of nitrogens with one attached hydrogen (secondary N) is 1. The predicted molar refractivity (Wildman–Crippen MR) is 84.9 cm³/mol. The van der Waals surface area contributed by atoms with Crippen molar-refractivity contribution < 1.29 is 4.74 Å². The molecule has 0 unspecified atom stereocenters. The number of methoxy groups -OCH3 is 1. The van der Waals surface area contributed by atoms with E-state index in [1.807, 2.05) is 0 Å². The summed E-state index contributed by atoms with van der Waals surface area (Å²) in [7, 11) is 3.97. The molecule has 0 aliphatic carbocycles. The minimum absolute atomic E-state index is 0.807. The van der Waals surface area contributed by atoms with Gasteiger partial charge in [-0.15, -0.1) is 0 Å². The molecule has 0 bridgehead atoms. The van der Waals surface area contributed by atoms with E-state index in [9.17, 15) is 0 Å². The van der Waals surface area contributed by atoms with E-state index in [-0.39, 0.29) is 0 Å². The molecule has 0 saturated heterocycles. The summed E-state index contributed by atoms with van der Waals surface area (Å²) in [6, 6.07) is 0. The Balaban J connectivity index is 3.09. The van der Waals surface area contributed by atoms with Crippen molar-refractivity contribution in [1.82, 2.24) is 10.2 Å². The SMILES string of the molecule is CCCCCCCCCCN(C)CCNCCOC. The molecule has 0 aromatic carbocycles. The third kappa shape index (κ3) is 15.8. The molecule has 0 saturated carbocycles. The Morgan fingerprint density at radius 1 is 0.842 bits per heavy atom. The largest absolute Gasteiger partial charge is 0.383 e. The summed E-state index contributed by atoms with van der Waals surface area (Å²) in [4.78, 5) is 2.43. The summed E-state index contributed by atoms with van der Waals surface area (Å²) in [6.45, 7) is 7.49. The van der Waals surface area contributed by atoms with E-state index >= 15 is 0 Å². The van der Waals surface area contributed by atoms with Crippen molar-refractivity contribution in [3.63, 3.8) is 0 Å². The molecule has 0 fully saturated rings. The van der Waals surface area contributed by atoms with E-state index < -0.39 is 0 Å². The van der Waals surface area contributed by atoms with Crippen molar-refractivity contribution in [1.29, 1.82) is 0 Å². The van der Waals surface area contributed by atoms with Crippen molar-refractivity contribution in [2.45, 2.75) is 58.3 Å². The van der Waals surface area contributed by atoms with Crippen molar-refractivity contribution in [3.05, 3.63) is 0 Å². The van der Waals surface area contributed by atoms with Gasteiger partial charge in [0.2, 0.25) is 0 Å². The van der Waals surface area contributed by atoms with Crippen LogP contribution in [0.5, 0.6) is 0 Å². The summed E-state index contributed by atoms with van der Waals surface area (Å²) in [5.74, 6) is 0. The first-order valence-electron chi connectivity index (χ1n) is 8.19. The Kier molecular flexibility index (Phi) is 15.8. The molecule has 0 rings (SSSR count). The topological polar surface area (TPSA) is 24.5 Å². The molecule has 0 radical (unpaired) electrons. The maximum atomic E-state index is 5.00. The molecule has 0 heterocycles. The molecule has 3 nitrogen and oxygen atoms in total. The predicted octanol–water partition coefficient (Wildman–Crippen LogP) is 3.29. The lowest BCUT2D eigenvalue weighted by molar-refractivity contribution is 0.197. The Morgan fingerprint density at radius 2 is 1.47 bits per heavy atom. The number of nitrogens with zero attached hydrogens (tertiary/aromatic N) is 1. The van der Waals surface area contributed by atoms with Crippen molar-refractivity contribution >= 4 is 0 Å². The summed E-state index contributed by atoms with van der Waals surface area (Å²) < 4.78 is 5.00. The van der Waals surface area contributed by atoms with Gasteiger partial charge in [-0.2, -0.15) is 0 Å². The van der Waals surface area contributed by atoms with E-state index in [1.54, 1.807) is 7.11 Å². The van der Waals surface area contributed by atoms with Crippen molar-refractivity contribution in [2.75, 3.05) is 46.9 Å². The quantitative estimate of drug-likeness (QED) is 0.463. The fraction of sp³-hybridized carbons (Fsp3) is 1.00. The van der Waals surface area contributed by atoms with Gasteiger partial charge in [-0.25, -0.2) is 0 Å². The van der Waals surface area contributed by atoms with Crippen LogP contribution in [0.1, 0.15) is 58.3 Å². The van der Waals surface area contributed by atoms with Gasteiger partial charge in [-0.1, -0.05) is 51.9 Å². The monoisotopic (exact) mass is 272 g/mol. The molecule has 0 aliphatic heterocycles. The molecular formula is C16H36N2O. The Morgan fingerprint density at radius 3 is 2.11 bits per heavy atom. The van der Waals surface area contributed by atoms with Crippen LogP contribution in [-0.4, -0.2) is 51.8 Å². The summed E-state index contributed by atoms with van der Waals surface area (Å²) in [5.41, 5.74) is 0. The van der Waals surface area contributed by atoms with E-state index in [2.05, 4.69) is 24.2 Å². The highest BCUT2D eigenvalue weighted by atomic mass is 16.5. The summed E-state index contributed by atoms with van der Waals surface area (Å²) in [5, 5.41) is 3.38. The van der Waals surface area contributed by atoms with Crippen LogP contribution in [0.25, 0.3) is 0 Å². The molecule has 0 atom stereocenters. The zero-order valence-corrected chi connectivity index (χ0v) is 13.5. The summed E-state index contributed by atoms with van der Waals surface area (Å²) >= 11 is 0. The van der Waals surface area contributed by atoms with Crippen LogP contribution in [-0.2, 0) is 4.74 Å². The van der Waals surface area contributed by atoms with Crippen LogP contribution in [0.3, 0.4) is 0 Å². The van der Waals surface area contributed by atoms with Gasteiger partial charge in [0.1, 0.15) is 0 Å². The van der Waals surface area contributed by atoms with Gasteiger partial charge in [0.25, 0.3) is 0 Å². The van der Waals surface area contributed by atoms with Crippen LogP contribution in [0.2, 0.25) is 0 Å². The van der Waals surface area contributed by atoms with Gasteiger partial charge in [0, 0.05) is 26.7 Å². The first-order chi connectivity index (χ1) is 9.31. The lowest BCUT2D eigenvalue weighted by Gasteiger charge is -2.16. The minimum Gasteiger partial charge on any atom is -0.383 e. The van der Waals surface area contributed by atoms with Crippen LogP contribution in [0.15, 0.2) is 0 Å². The number of hydrogen-bond donors (Lipinski definition) is 1. The molecule has 116 valence electrons. The first kappa shape index (κ1) is 18.9. The normalized spacial score (nSPS) is 11.4.